The van der Waals surface area contributed by atoms with Crippen LogP contribution in [-0.4, -0.2) is 11.5 Å². The molecule has 1 unspecified atom stereocenters. The molecule has 1 saturated carbocycles. The summed E-state index contributed by atoms with van der Waals surface area (Å²) >= 11 is 4.28. The van der Waals surface area contributed by atoms with Gasteiger partial charge in [-0.3, -0.25) is 0 Å². The Bertz CT molecular complexity index is 454. The number of rotatable bonds is 3. The Labute approximate surface area is 120 Å². The summed E-state index contributed by atoms with van der Waals surface area (Å²) in [5.41, 5.74) is 2.49. The zero-order chi connectivity index (χ0) is 13.3. The van der Waals surface area contributed by atoms with Gasteiger partial charge in [0.05, 0.1) is 6.61 Å². The van der Waals surface area contributed by atoms with Crippen LogP contribution in [0.15, 0.2) is 18.2 Å². The lowest BCUT2D eigenvalue weighted by molar-refractivity contribution is -0.224. The van der Waals surface area contributed by atoms with Crippen molar-refractivity contribution in [3.05, 3.63) is 29.3 Å². The Morgan fingerprint density at radius 3 is 2.84 bits per heavy atom. The number of hydrogen-bond donors (Lipinski definition) is 1. The van der Waals surface area contributed by atoms with E-state index in [0.29, 0.717) is 12.5 Å². The number of ether oxygens (including phenoxy) is 2. The molecule has 1 aliphatic carbocycles. The van der Waals surface area contributed by atoms with E-state index < -0.39 is 5.79 Å². The van der Waals surface area contributed by atoms with Crippen LogP contribution < -0.4 is 4.74 Å². The first-order chi connectivity index (χ1) is 9.21. The summed E-state index contributed by atoms with van der Waals surface area (Å²) in [4.78, 5) is 0. The van der Waals surface area contributed by atoms with Crippen LogP contribution in [0.1, 0.15) is 43.7 Å². The Morgan fingerprint density at radius 2 is 2.11 bits per heavy atom. The first kappa shape index (κ1) is 13.3. The minimum atomic E-state index is -0.422. The number of benzene rings is 1. The van der Waals surface area contributed by atoms with Gasteiger partial charge in [0.1, 0.15) is 5.75 Å². The zero-order valence-corrected chi connectivity index (χ0v) is 12.4. The van der Waals surface area contributed by atoms with Crippen molar-refractivity contribution in [3.63, 3.8) is 0 Å². The summed E-state index contributed by atoms with van der Waals surface area (Å²) in [6, 6.07) is 6.44. The highest BCUT2D eigenvalue weighted by Crippen LogP contribution is 2.42. The summed E-state index contributed by atoms with van der Waals surface area (Å²) < 4.78 is 12.3. The summed E-state index contributed by atoms with van der Waals surface area (Å²) in [5, 5.41) is 0. The SMILES string of the molecule is CC1(C2CCCC2)OCc2cc(CCS)ccc2O1. The average molecular weight is 278 g/mol. The molecule has 0 N–H and O–H groups in total. The molecule has 3 rings (SSSR count). The van der Waals surface area contributed by atoms with E-state index in [1.165, 1.54) is 36.8 Å². The largest absolute Gasteiger partial charge is 0.462 e. The highest BCUT2D eigenvalue weighted by atomic mass is 32.1. The molecule has 1 atom stereocenters. The van der Waals surface area contributed by atoms with Crippen LogP contribution in [0.5, 0.6) is 5.75 Å². The van der Waals surface area contributed by atoms with Gasteiger partial charge >= 0.3 is 0 Å². The number of hydrogen-bond acceptors (Lipinski definition) is 3. The van der Waals surface area contributed by atoms with Gasteiger partial charge in [0.2, 0.25) is 5.79 Å². The van der Waals surface area contributed by atoms with Crippen LogP contribution in [-0.2, 0) is 17.8 Å². The van der Waals surface area contributed by atoms with Gasteiger partial charge in [0.15, 0.2) is 0 Å². The van der Waals surface area contributed by atoms with Crippen molar-refractivity contribution in [1.29, 1.82) is 0 Å². The first-order valence-corrected chi connectivity index (χ1v) is 7.90. The molecule has 0 aromatic heterocycles. The molecular weight excluding hydrogens is 256 g/mol. The van der Waals surface area contributed by atoms with Crippen LogP contribution >= 0.6 is 12.6 Å². The van der Waals surface area contributed by atoms with Gasteiger partial charge in [-0.15, -0.1) is 0 Å². The molecule has 1 aromatic carbocycles. The van der Waals surface area contributed by atoms with Gasteiger partial charge in [-0.05, 0) is 42.7 Å². The fourth-order valence-electron chi connectivity index (χ4n) is 3.25. The van der Waals surface area contributed by atoms with Crippen molar-refractivity contribution in [2.24, 2.45) is 5.92 Å². The molecule has 1 aliphatic heterocycles. The summed E-state index contributed by atoms with van der Waals surface area (Å²) in [6.07, 6.45) is 6.06. The van der Waals surface area contributed by atoms with E-state index in [-0.39, 0.29) is 0 Å². The maximum Gasteiger partial charge on any atom is 0.210 e. The molecule has 0 radical (unpaired) electrons. The van der Waals surface area contributed by atoms with Crippen molar-refractivity contribution >= 4 is 12.6 Å². The maximum atomic E-state index is 6.20. The highest BCUT2D eigenvalue weighted by molar-refractivity contribution is 7.80. The monoisotopic (exact) mass is 278 g/mol. The molecule has 0 bridgehead atoms. The third-order valence-corrected chi connectivity index (χ3v) is 4.67. The average Bonchev–Trinajstić information content (AvgIpc) is 2.94. The van der Waals surface area contributed by atoms with Crippen molar-refractivity contribution in [2.45, 2.75) is 51.4 Å². The number of aryl methyl sites for hydroxylation is 1. The molecule has 2 nitrogen and oxygen atoms in total. The van der Waals surface area contributed by atoms with E-state index >= 15 is 0 Å². The smallest absolute Gasteiger partial charge is 0.210 e. The Balaban J connectivity index is 1.80. The molecule has 19 heavy (non-hydrogen) atoms. The first-order valence-electron chi connectivity index (χ1n) is 7.27. The molecule has 1 aromatic rings. The molecule has 0 saturated heterocycles. The van der Waals surface area contributed by atoms with Crippen LogP contribution in [0.25, 0.3) is 0 Å². The summed E-state index contributed by atoms with van der Waals surface area (Å²) in [6.45, 7) is 2.77. The predicted molar refractivity (Wildman–Crippen MR) is 79.8 cm³/mol. The Hall–Kier alpha value is -0.670. The second kappa shape index (κ2) is 5.37. The minimum absolute atomic E-state index is 0.422. The van der Waals surface area contributed by atoms with E-state index in [1.807, 2.05) is 0 Å². The standard InChI is InChI=1S/C16H22O2S/c1-16(14-4-2-3-5-14)17-11-13-10-12(8-9-19)6-7-15(13)18-16/h6-7,10,14,19H,2-5,8-9,11H2,1H3. The van der Waals surface area contributed by atoms with Crippen molar-refractivity contribution in [2.75, 3.05) is 5.75 Å². The van der Waals surface area contributed by atoms with E-state index in [4.69, 9.17) is 9.47 Å². The van der Waals surface area contributed by atoms with Crippen LogP contribution in [0.4, 0.5) is 0 Å². The molecule has 1 heterocycles. The van der Waals surface area contributed by atoms with Crippen molar-refractivity contribution < 1.29 is 9.47 Å². The van der Waals surface area contributed by atoms with E-state index in [9.17, 15) is 0 Å². The number of fused-ring (bicyclic) bond motifs is 1. The molecular formula is C16H22O2S. The topological polar surface area (TPSA) is 18.5 Å². The van der Waals surface area contributed by atoms with Gasteiger partial charge in [-0.2, -0.15) is 12.6 Å². The van der Waals surface area contributed by atoms with Gasteiger partial charge in [0, 0.05) is 18.4 Å². The van der Waals surface area contributed by atoms with E-state index in [0.717, 1.165) is 17.9 Å². The van der Waals surface area contributed by atoms with E-state index in [1.54, 1.807) is 0 Å². The van der Waals surface area contributed by atoms with Gasteiger partial charge < -0.3 is 9.47 Å². The lowest BCUT2D eigenvalue weighted by Crippen LogP contribution is -2.44. The fourth-order valence-corrected chi connectivity index (χ4v) is 3.51. The van der Waals surface area contributed by atoms with E-state index in [2.05, 4.69) is 37.8 Å². The quantitative estimate of drug-likeness (QED) is 0.843. The summed E-state index contributed by atoms with van der Waals surface area (Å²) in [5.74, 6) is 2.00. The Morgan fingerprint density at radius 1 is 1.32 bits per heavy atom. The predicted octanol–water partition coefficient (Wildman–Crippen LogP) is 3.97. The molecule has 104 valence electrons. The zero-order valence-electron chi connectivity index (χ0n) is 11.5. The lowest BCUT2D eigenvalue weighted by atomic mass is 9.96. The fraction of sp³-hybridized carbons (Fsp3) is 0.625. The lowest BCUT2D eigenvalue weighted by Gasteiger charge is -2.40. The highest BCUT2D eigenvalue weighted by Gasteiger charge is 2.41. The van der Waals surface area contributed by atoms with Crippen molar-refractivity contribution in [3.8, 4) is 5.75 Å². The molecule has 0 spiro atoms. The second-order valence-electron chi connectivity index (χ2n) is 5.80. The van der Waals surface area contributed by atoms with Crippen LogP contribution in [0, 0.1) is 5.92 Å². The Kier molecular flexibility index (Phi) is 3.77. The molecule has 2 aliphatic rings. The molecule has 1 fully saturated rings. The van der Waals surface area contributed by atoms with Gasteiger partial charge in [-0.25, -0.2) is 0 Å². The number of thiol groups is 1. The molecule has 3 heteroatoms. The second-order valence-corrected chi connectivity index (χ2v) is 6.25. The minimum Gasteiger partial charge on any atom is -0.462 e. The third-order valence-electron chi connectivity index (χ3n) is 4.45. The van der Waals surface area contributed by atoms with Crippen LogP contribution in [0.3, 0.4) is 0 Å². The van der Waals surface area contributed by atoms with Crippen molar-refractivity contribution in [1.82, 2.24) is 0 Å². The third kappa shape index (κ3) is 2.63. The molecule has 0 amide bonds. The maximum absolute atomic E-state index is 6.20. The summed E-state index contributed by atoms with van der Waals surface area (Å²) in [7, 11) is 0. The van der Waals surface area contributed by atoms with Gasteiger partial charge in [-0.1, -0.05) is 18.9 Å². The van der Waals surface area contributed by atoms with Gasteiger partial charge in [0.25, 0.3) is 0 Å². The normalized spacial score (nSPS) is 27.1. The van der Waals surface area contributed by atoms with Crippen LogP contribution in [0.2, 0.25) is 0 Å².